The van der Waals surface area contributed by atoms with E-state index in [1.54, 1.807) is 66.9 Å². The quantitative estimate of drug-likeness (QED) is 0.297. The minimum Gasteiger partial charge on any atom is -0.426 e. The largest absolute Gasteiger partial charge is 0.426 e. The number of aromatic nitrogens is 1. The van der Waals surface area contributed by atoms with Crippen molar-refractivity contribution in [1.29, 1.82) is 0 Å². The molecule has 3 aromatic rings. The van der Waals surface area contributed by atoms with Crippen LogP contribution in [0.1, 0.15) is 21.8 Å². The van der Waals surface area contributed by atoms with Gasteiger partial charge >= 0.3 is 5.97 Å². The molecule has 0 aliphatic heterocycles. The van der Waals surface area contributed by atoms with Crippen LogP contribution < -0.4 is 4.74 Å². The molecule has 5 heteroatoms. The normalized spacial score (nSPS) is 11.6. The summed E-state index contributed by atoms with van der Waals surface area (Å²) in [6.07, 6.45) is 3.01. The SMILES string of the molecule is O=C(Oc1ccc(Cl)cc1)C(C(=O)c1cccnc1)c1ccccc1. The number of halogens is 1. The number of rotatable bonds is 5. The Morgan fingerprint density at radius 1 is 0.920 bits per heavy atom. The van der Waals surface area contributed by atoms with Gasteiger partial charge in [-0.15, -0.1) is 0 Å². The third kappa shape index (κ3) is 4.11. The molecule has 0 fully saturated rings. The summed E-state index contributed by atoms with van der Waals surface area (Å²) in [6.45, 7) is 0. The Balaban J connectivity index is 1.92. The van der Waals surface area contributed by atoms with Gasteiger partial charge in [0.25, 0.3) is 0 Å². The van der Waals surface area contributed by atoms with Gasteiger partial charge < -0.3 is 4.74 Å². The monoisotopic (exact) mass is 351 g/mol. The van der Waals surface area contributed by atoms with Crippen molar-refractivity contribution in [3.63, 3.8) is 0 Å². The van der Waals surface area contributed by atoms with Crippen molar-refractivity contribution in [2.24, 2.45) is 0 Å². The molecule has 1 heterocycles. The minimum absolute atomic E-state index is 0.328. The number of nitrogens with zero attached hydrogens (tertiary/aromatic N) is 1. The number of esters is 1. The molecule has 0 N–H and O–H groups in total. The predicted octanol–water partition coefficient (Wildman–Crippen LogP) is 4.31. The van der Waals surface area contributed by atoms with Crippen LogP contribution in [0.25, 0.3) is 0 Å². The molecule has 0 spiro atoms. The first-order chi connectivity index (χ1) is 12.1. The lowest BCUT2D eigenvalue weighted by atomic mass is 9.91. The Bertz CT molecular complexity index is 864. The number of ketones is 1. The number of carbonyl (C=O) groups is 2. The van der Waals surface area contributed by atoms with Gasteiger partial charge in [0.15, 0.2) is 5.78 Å². The Labute approximate surface area is 150 Å². The number of ether oxygens (including phenoxy) is 1. The molecular weight excluding hydrogens is 338 g/mol. The second-order valence-electron chi connectivity index (χ2n) is 5.32. The zero-order chi connectivity index (χ0) is 17.6. The van der Waals surface area contributed by atoms with E-state index in [9.17, 15) is 9.59 Å². The van der Waals surface area contributed by atoms with E-state index in [1.165, 1.54) is 6.20 Å². The lowest BCUT2D eigenvalue weighted by Gasteiger charge is -2.15. The summed E-state index contributed by atoms with van der Waals surface area (Å²) in [5.41, 5.74) is 0.916. The predicted molar refractivity (Wildman–Crippen MR) is 94.8 cm³/mol. The van der Waals surface area contributed by atoms with Crippen molar-refractivity contribution in [2.45, 2.75) is 5.92 Å². The van der Waals surface area contributed by atoms with Gasteiger partial charge in [-0.05, 0) is 42.0 Å². The molecule has 0 aliphatic carbocycles. The molecule has 1 aromatic heterocycles. The maximum Gasteiger partial charge on any atom is 0.326 e. The molecule has 2 aromatic carbocycles. The molecule has 0 aliphatic rings. The van der Waals surface area contributed by atoms with E-state index in [1.807, 2.05) is 6.07 Å². The third-order valence-electron chi connectivity index (χ3n) is 3.61. The molecule has 4 nitrogen and oxygen atoms in total. The van der Waals surface area contributed by atoms with Crippen molar-refractivity contribution < 1.29 is 14.3 Å². The smallest absolute Gasteiger partial charge is 0.326 e. The number of hydrogen-bond donors (Lipinski definition) is 0. The first-order valence-corrected chi connectivity index (χ1v) is 7.99. The molecule has 124 valence electrons. The van der Waals surface area contributed by atoms with E-state index >= 15 is 0 Å². The molecule has 25 heavy (non-hydrogen) atoms. The van der Waals surface area contributed by atoms with Crippen LogP contribution in [0.2, 0.25) is 5.02 Å². The van der Waals surface area contributed by atoms with E-state index in [0.717, 1.165) is 0 Å². The summed E-state index contributed by atoms with van der Waals surface area (Å²) in [6, 6.07) is 18.5. The van der Waals surface area contributed by atoms with E-state index in [-0.39, 0.29) is 5.78 Å². The summed E-state index contributed by atoms with van der Waals surface area (Å²) in [5.74, 6) is -1.75. The topological polar surface area (TPSA) is 56.3 Å². The fourth-order valence-electron chi connectivity index (χ4n) is 2.39. The van der Waals surface area contributed by atoms with Gasteiger partial charge in [-0.25, -0.2) is 0 Å². The Hall–Kier alpha value is -2.98. The summed E-state index contributed by atoms with van der Waals surface area (Å²) in [5, 5.41) is 0.533. The number of hydrogen-bond acceptors (Lipinski definition) is 4. The molecule has 0 saturated heterocycles. The van der Waals surface area contributed by atoms with Crippen molar-refractivity contribution in [2.75, 3.05) is 0 Å². The fourth-order valence-corrected chi connectivity index (χ4v) is 2.52. The van der Waals surface area contributed by atoms with Crippen LogP contribution in [-0.2, 0) is 4.79 Å². The average molecular weight is 352 g/mol. The molecular formula is C20H14ClNO3. The van der Waals surface area contributed by atoms with Crippen LogP contribution in [0, 0.1) is 0 Å². The molecule has 0 amide bonds. The van der Waals surface area contributed by atoms with Crippen LogP contribution in [0.4, 0.5) is 0 Å². The van der Waals surface area contributed by atoms with Gasteiger partial charge in [0.2, 0.25) is 0 Å². The maximum atomic E-state index is 12.9. The molecule has 0 radical (unpaired) electrons. The number of pyridine rings is 1. The number of carbonyl (C=O) groups excluding carboxylic acids is 2. The van der Waals surface area contributed by atoms with Gasteiger partial charge in [-0.1, -0.05) is 41.9 Å². The highest BCUT2D eigenvalue weighted by molar-refractivity contribution is 6.30. The number of Topliss-reactive ketones (excluding diaryl/α,β-unsaturated/α-hetero) is 1. The fraction of sp³-hybridized carbons (Fsp3) is 0.0500. The van der Waals surface area contributed by atoms with Gasteiger partial charge in [0.05, 0.1) is 0 Å². The third-order valence-corrected chi connectivity index (χ3v) is 3.86. The van der Waals surface area contributed by atoms with Crippen LogP contribution in [0.15, 0.2) is 79.1 Å². The van der Waals surface area contributed by atoms with E-state index in [0.29, 0.717) is 21.9 Å². The lowest BCUT2D eigenvalue weighted by Crippen LogP contribution is -2.26. The standard InChI is InChI=1S/C20H14ClNO3/c21-16-8-10-17(11-9-16)25-20(24)18(14-5-2-1-3-6-14)19(23)15-7-4-12-22-13-15/h1-13,18H. The second kappa shape index (κ2) is 7.73. The Kier molecular flexibility index (Phi) is 5.21. The molecule has 1 atom stereocenters. The lowest BCUT2D eigenvalue weighted by molar-refractivity contribution is -0.134. The highest BCUT2D eigenvalue weighted by Crippen LogP contribution is 2.24. The minimum atomic E-state index is -1.07. The van der Waals surface area contributed by atoms with Crippen LogP contribution >= 0.6 is 11.6 Å². The van der Waals surface area contributed by atoms with E-state index in [4.69, 9.17) is 16.3 Å². The Morgan fingerprint density at radius 2 is 1.64 bits per heavy atom. The Morgan fingerprint density at radius 3 is 2.28 bits per heavy atom. The molecule has 0 saturated carbocycles. The van der Waals surface area contributed by atoms with Crippen molar-refractivity contribution in [3.05, 3.63) is 95.3 Å². The van der Waals surface area contributed by atoms with E-state index < -0.39 is 11.9 Å². The van der Waals surface area contributed by atoms with Crippen molar-refractivity contribution in [1.82, 2.24) is 4.98 Å². The maximum absolute atomic E-state index is 12.9. The highest BCUT2D eigenvalue weighted by atomic mass is 35.5. The van der Waals surface area contributed by atoms with Crippen molar-refractivity contribution >= 4 is 23.4 Å². The van der Waals surface area contributed by atoms with E-state index in [2.05, 4.69) is 4.98 Å². The molecule has 0 bridgehead atoms. The molecule has 1 unspecified atom stereocenters. The highest BCUT2D eigenvalue weighted by Gasteiger charge is 2.31. The van der Waals surface area contributed by atoms with Crippen LogP contribution in [0.3, 0.4) is 0 Å². The number of benzene rings is 2. The first-order valence-electron chi connectivity index (χ1n) is 7.61. The first kappa shape index (κ1) is 16.9. The summed E-state index contributed by atoms with van der Waals surface area (Å²) >= 11 is 5.84. The van der Waals surface area contributed by atoms with Gasteiger partial charge in [0.1, 0.15) is 11.7 Å². The molecule has 3 rings (SSSR count). The van der Waals surface area contributed by atoms with Gasteiger partial charge in [-0.3, -0.25) is 14.6 Å². The van der Waals surface area contributed by atoms with Gasteiger partial charge in [-0.2, -0.15) is 0 Å². The van der Waals surface area contributed by atoms with Crippen LogP contribution in [0.5, 0.6) is 5.75 Å². The van der Waals surface area contributed by atoms with Gasteiger partial charge in [0, 0.05) is 23.0 Å². The zero-order valence-corrected chi connectivity index (χ0v) is 13.9. The summed E-state index contributed by atoms with van der Waals surface area (Å²) in [4.78, 5) is 29.5. The van der Waals surface area contributed by atoms with Crippen LogP contribution in [-0.4, -0.2) is 16.7 Å². The van der Waals surface area contributed by atoms with Crippen molar-refractivity contribution in [3.8, 4) is 5.75 Å². The summed E-state index contributed by atoms with van der Waals surface area (Å²) < 4.78 is 5.39. The zero-order valence-electron chi connectivity index (χ0n) is 13.1. The summed E-state index contributed by atoms with van der Waals surface area (Å²) in [7, 11) is 0. The second-order valence-corrected chi connectivity index (χ2v) is 5.76. The average Bonchev–Trinajstić information content (AvgIpc) is 2.65.